The lowest BCUT2D eigenvalue weighted by Crippen LogP contribution is -2.33. The normalized spacial score (nSPS) is 11.9. The SMILES string of the molecule is O=C(Cn1nc(-c2ccc(Cl)cc2)n(Cc2ccccc2F)c1=O)NCc1ccccc1CS(=O)[O-]. The van der Waals surface area contributed by atoms with E-state index in [0.717, 1.165) is 4.68 Å². The number of halogens is 2. The van der Waals surface area contributed by atoms with E-state index in [1.807, 2.05) is 0 Å². The Morgan fingerprint density at radius 1 is 1.00 bits per heavy atom. The fraction of sp³-hybridized carbons (Fsp3) is 0.160. The topological polar surface area (TPSA) is 109 Å². The number of rotatable bonds is 9. The summed E-state index contributed by atoms with van der Waals surface area (Å²) in [7, 11) is 0. The van der Waals surface area contributed by atoms with Crippen molar-refractivity contribution < 1.29 is 17.9 Å². The molecule has 0 spiro atoms. The number of nitrogens with one attached hydrogen (secondary N) is 1. The third-order valence-corrected chi connectivity index (χ3v) is 6.27. The summed E-state index contributed by atoms with van der Waals surface area (Å²) in [5.74, 6) is -0.866. The van der Waals surface area contributed by atoms with Crippen LogP contribution in [0.5, 0.6) is 0 Å². The van der Waals surface area contributed by atoms with Gasteiger partial charge < -0.3 is 9.87 Å². The summed E-state index contributed by atoms with van der Waals surface area (Å²) in [4.78, 5) is 25.9. The van der Waals surface area contributed by atoms with Gasteiger partial charge in [0.1, 0.15) is 12.4 Å². The first-order valence-corrected chi connectivity index (χ1v) is 12.5. The molecule has 1 unspecified atom stereocenters. The molecule has 0 radical (unpaired) electrons. The van der Waals surface area contributed by atoms with Gasteiger partial charge in [0.15, 0.2) is 5.82 Å². The zero-order chi connectivity index (χ0) is 25.7. The average Bonchev–Trinajstić information content (AvgIpc) is 3.15. The van der Waals surface area contributed by atoms with E-state index in [9.17, 15) is 22.7 Å². The molecule has 1 heterocycles. The molecule has 36 heavy (non-hydrogen) atoms. The minimum atomic E-state index is -2.27. The molecule has 0 bridgehead atoms. The number of benzene rings is 3. The van der Waals surface area contributed by atoms with Gasteiger partial charge in [-0.3, -0.25) is 13.6 Å². The van der Waals surface area contributed by atoms with Gasteiger partial charge in [-0.2, -0.15) is 0 Å². The first kappa shape index (κ1) is 25.5. The van der Waals surface area contributed by atoms with Crippen LogP contribution in [0.25, 0.3) is 11.4 Å². The Hall–Kier alpha value is -3.60. The molecule has 8 nitrogen and oxygen atoms in total. The quantitative estimate of drug-likeness (QED) is 0.336. The Bertz CT molecular complexity index is 1470. The molecule has 4 rings (SSSR count). The van der Waals surface area contributed by atoms with Crippen LogP contribution >= 0.6 is 11.6 Å². The zero-order valence-electron chi connectivity index (χ0n) is 18.9. The Kier molecular flexibility index (Phi) is 8.09. The smallest absolute Gasteiger partial charge is 0.347 e. The van der Waals surface area contributed by atoms with Crippen LogP contribution in [0.4, 0.5) is 4.39 Å². The standard InChI is InChI=1S/C25H22ClFN4O4S/c26-21-11-9-17(10-12-21)24-29-31(25(33)30(24)14-19-6-3-4-8-22(19)27)15-23(32)28-13-18-5-1-2-7-20(18)16-36(34)35/h1-12H,13-16H2,(H,28,32)(H,34,35)/p-1. The van der Waals surface area contributed by atoms with E-state index in [4.69, 9.17) is 11.6 Å². The maximum atomic E-state index is 14.3. The van der Waals surface area contributed by atoms with Crippen molar-refractivity contribution in [2.45, 2.75) is 25.4 Å². The van der Waals surface area contributed by atoms with Crippen LogP contribution in [-0.2, 0) is 41.3 Å². The molecule has 1 atom stereocenters. The molecule has 1 amide bonds. The van der Waals surface area contributed by atoms with Gasteiger partial charge in [-0.25, -0.2) is 13.9 Å². The van der Waals surface area contributed by atoms with E-state index >= 15 is 0 Å². The molecular formula is C25H21ClFN4O4S-. The number of carbonyl (C=O) groups is 1. The van der Waals surface area contributed by atoms with Gasteiger partial charge in [0.05, 0.1) is 6.54 Å². The molecule has 0 saturated carbocycles. The van der Waals surface area contributed by atoms with E-state index in [1.165, 1.54) is 10.6 Å². The van der Waals surface area contributed by atoms with Crippen molar-refractivity contribution in [2.75, 3.05) is 0 Å². The van der Waals surface area contributed by atoms with Gasteiger partial charge in [-0.15, -0.1) is 5.10 Å². The Labute approximate surface area is 213 Å². The molecule has 3 aromatic carbocycles. The third kappa shape index (κ3) is 6.14. The maximum absolute atomic E-state index is 14.3. The second-order valence-corrected chi connectivity index (χ2v) is 9.27. The monoisotopic (exact) mass is 527 g/mol. The second kappa shape index (κ2) is 11.4. The number of hydrogen-bond acceptors (Lipinski definition) is 5. The number of aromatic nitrogens is 3. The van der Waals surface area contributed by atoms with Crippen LogP contribution in [0.2, 0.25) is 5.02 Å². The summed E-state index contributed by atoms with van der Waals surface area (Å²) in [5.41, 5.74) is 1.51. The summed E-state index contributed by atoms with van der Waals surface area (Å²) in [5, 5.41) is 7.54. The first-order chi connectivity index (χ1) is 17.3. The van der Waals surface area contributed by atoms with Crippen LogP contribution in [-0.4, -0.2) is 29.0 Å². The predicted octanol–water partition coefficient (Wildman–Crippen LogP) is 3.25. The van der Waals surface area contributed by atoms with E-state index < -0.39 is 28.5 Å². The van der Waals surface area contributed by atoms with Gasteiger partial charge in [-0.1, -0.05) is 65.1 Å². The highest BCUT2D eigenvalue weighted by atomic mass is 35.5. The van der Waals surface area contributed by atoms with Crippen molar-refractivity contribution in [3.8, 4) is 11.4 Å². The molecule has 1 aromatic heterocycles. The summed E-state index contributed by atoms with van der Waals surface area (Å²) in [6, 6.07) is 19.6. The minimum absolute atomic E-state index is 0.0786. The lowest BCUT2D eigenvalue weighted by atomic mass is 10.1. The van der Waals surface area contributed by atoms with Crippen molar-refractivity contribution in [1.82, 2.24) is 19.7 Å². The van der Waals surface area contributed by atoms with Gasteiger partial charge in [-0.05, 0) is 41.5 Å². The molecule has 1 N–H and O–H groups in total. The van der Waals surface area contributed by atoms with Crippen molar-refractivity contribution in [2.24, 2.45) is 0 Å². The predicted molar refractivity (Wildman–Crippen MR) is 133 cm³/mol. The molecule has 0 saturated heterocycles. The highest BCUT2D eigenvalue weighted by Crippen LogP contribution is 2.20. The molecular weight excluding hydrogens is 507 g/mol. The lowest BCUT2D eigenvalue weighted by Gasteiger charge is -2.12. The van der Waals surface area contributed by atoms with Crippen molar-refractivity contribution in [3.63, 3.8) is 0 Å². The van der Waals surface area contributed by atoms with Crippen molar-refractivity contribution in [1.29, 1.82) is 0 Å². The highest BCUT2D eigenvalue weighted by molar-refractivity contribution is 7.78. The fourth-order valence-corrected chi connectivity index (χ4v) is 4.34. The fourth-order valence-electron chi connectivity index (χ4n) is 3.68. The number of amides is 1. The largest absolute Gasteiger partial charge is 0.772 e. The summed E-state index contributed by atoms with van der Waals surface area (Å²) in [6.45, 7) is -0.370. The number of hydrogen-bond donors (Lipinski definition) is 1. The van der Waals surface area contributed by atoms with Gasteiger partial charge in [0.2, 0.25) is 5.91 Å². The molecule has 4 aromatic rings. The number of carbonyl (C=O) groups excluding carboxylic acids is 1. The van der Waals surface area contributed by atoms with Crippen LogP contribution in [0.1, 0.15) is 16.7 Å². The van der Waals surface area contributed by atoms with Crippen molar-refractivity contribution >= 4 is 28.6 Å². The Morgan fingerprint density at radius 2 is 1.64 bits per heavy atom. The molecule has 11 heteroatoms. The van der Waals surface area contributed by atoms with Gasteiger partial charge >= 0.3 is 5.69 Å². The van der Waals surface area contributed by atoms with Crippen molar-refractivity contribution in [3.05, 3.63) is 111 Å². The Balaban J connectivity index is 1.58. The highest BCUT2D eigenvalue weighted by Gasteiger charge is 2.18. The molecule has 0 aliphatic carbocycles. The summed E-state index contributed by atoms with van der Waals surface area (Å²) >= 11 is 3.72. The van der Waals surface area contributed by atoms with E-state index in [0.29, 0.717) is 27.3 Å². The van der Waals surface area contributed by atoms with Crippen LogP contribution in [0.3, 0.4) is 0 Å². The third-order valence-electron chi connectivity index (χ3n) is 5.47. The van der Waals surface area contributed by atoms with Gasteiger partial charge in [0.25, 0.3) is 0 Å². The Morgan fingerprint density at radius 3 is 2.31 bits per heavy atom. The van der Waals surface area contributed by atoms with Crippen LogP contribution in [0, 0.1) is 5.82 Å². The van der Waals surface area contributed by atoms with E-state index in [2.05, 4.69) is 10.4 Å². The van der Waals surface area contributed by atoms with Gasteiger partial charge in [0, 0.05) is 28.4 Å². The van der Waals surface area contributed by atoms with E-state index in [1.54, 1.807) is 66.7 Å². The minimum Gasteiger partial charge on any atom is -0.772 e. The van der Waals surface area contributed by atoms with E-state index in [-0.39, 0.29) is 31.2 Å². The molecule has 186 valence electrons. The molecule has 0 aliphatic rings. The lowest BCUT2D eigenvalue weighted by molar-refractivity contribution is -0.122. The maximum Gasteiger partial charge on any atom is 0.347 e. The zero-order valence-corrected chi connectivity index (χ0v) is 20.5. The number of nitrogens with zero attached hydrogens (tertiary/aromatic N) is 3. The summed E-state index contributed by atoms with van der Waals surface area (Å²) in [6.07, 6.45) is 0. The van der Waals surface area contributed by atoms with Crippen LogP contribution < -0.4 is 11.0 Å². The molecule has 0 aliphatic heterocycles. The average molecular weight is 528 g/mol. The first-order valence-electron chi connectivity index (χ1n) is 10.9. The summed E-state index contributed by atoms with van der Waals surface area (Å²) < 4.78 is 38.8. The molecule has 0 fully saturated rings. The van der Waals surface area contributed by atoms with Crippen LogP contribution in [0.15, 0.2) is 77.6 Å². The second-order valence-electron chi connectivity index (χ2n) is 7.94.